The normalized spacial score (nSPS) is 22.2. The average Bonchev–Trinajstić information content (AvgIpc) is 2.91. The Hall–Kier alpha value is -1.79. The van der Waals surface area contributed by atoms with Crippen molar-refractivity contribution in [1.82, 2.24) is 15.5 Å². The molecule has 2 rings (SSSR count). The van der Waals surface area contributed by atoms with E-state index in [1.54, 1.807) is 0 Å². The van der Waals surface area contributed by atoms with Gasteiger partial charge in [0.2, 0.25) is 0 Å². The van der Waals surface area contributed by atoms with Gasteiger partial charge in [0.15, 0.2) is 5.96 Å². The van der Waals surface area contributed by atoms with Crippen LogP contribution in [0.3, 0.4) is 0 Å². The molecule has 19 heavy (non-hydrogen) atoms. The Kier molecular flexibility index (Phi) is 3.92. The average molecular weight is 267 g/mol. The molecule has 2 aliphatic rings. The van der Waals surface area contributed by atoms with Gasteiger partial charge in [-0.1, -0.05) is 12.8 Å². The Morgan fingerprint density at radius 3 is 2.79 bits per heavy atom. The lowest BCUT2D eigenvalue weighted by Gasteiger charge is -2.19. The molecular formula is C12H21N5O2. The third kappa shape index (κ3) is 2.64. The fourth-order valence-electron chi connectivity index (χ4n) is 2.70. The summed E-state index contributed by atoms with van der Waals surface area (Å²) in [7, 11) is 0. The zero-order chi connectivity index (χ0) is 13.9. The smallest absolute Gasteiger partial charge is 0.325 e. The van der Waals surface area contributed by atoms with Gasteiger partial charge < -0.3 is 16.4 Å². The minimum atomic E-state index is -0.631. The summed E-state index contributed by atoms with van der Waals surface area (Å²) < 4.78 is 0. The summed E-state index contributed by atoms with van der Waals surface area (Å²) in [5.41, 5.74) is 4.96. The molecule has 0 aromatic rings. The molecule has 1 spiro atoms. The highest BCUT2D eigenvalue weighted by molar-refractivity contribution is 6.07. The molecule has 1 saturated heterocycles. The number of hydrogen-bond acceptors (Lipinski definition) is 3. The number of nitrogens with one attached hydrogen (secondary N) is 2. The van der Waals surface area contributed by atoms with E-state index < -0.39 is 5.54 Å². The molecule has 0 aromatic heterocycles. The van der Waals surface area contributed by atoms with Crippen LogP contribution >= 0.6 is 0 Å². The molecular weight excluding hydrogens is 246 g/mol. The molecule has 2 fully saturated rings. The molecule has 0 unspecified atom stereocenters. The molecule has 1 saturated carbocycles. The predicted molar refractivity (Wildman–Crippen MR) is 71.6 cm³/mol. The Balaban J connectivity index is 1.92. The Bertz CT molecular complexity index is 401. The van der Waals surface area contributed by atoms with Crippen LogP contribution in [0.4, 0.5) is 4.79 Å². The third-order valence-corrected chi connectivity index (χ3v) is 3.67. The van der Waals surface area contributed by atoms with Gasteiger partial charge in [0.25, 0.3) is 5.91 Å². The molecule has 0 radical (unpaired) electrons. The van der Waals surface area contributed by atoms with Gasteiger partial charge in [0.05, 0.1) is 13.1 Å². The highest BCUT2D eigenvalue weighted by Gasteiger charge is 2.51. The molecule has 4 N–H and O–H groups in total. The summed E-state index contributed by atoms with van der Waals surface area (Å²) in [6, 6.07) is -0.302. The van der Waals surface area contributed by atoms with E-state index in [0.29, 0.717) is 19.0 Å². The van der Waals surface area contributed by atoms with Crippen molar-refractivity contribution >= 4 is 17.9 Å². The van der Waals surface area contributed by atoms with Crippen LogP contribution < -0.4 is 16.4 Å². The first-order valence-electron chi connectivity index (χ1n) is 6.77. The second-order valence-electron chi connectivity index (χ2n) is 4.97. The predicted octanol–water partition coefficient (Wildman–Crippen LogP) is -0.225. The SMILES string of the molecule is CCNC(N)=NCCN1C(=O)NC2(CCCC2)C1=O. The summed E-state index contributed by atoms with van der Waals surface area (Å²) >= 11 is 0. The first kappa shape index (κ1) is 13.6. The van der Waals surface area contributed by atoms with Gasteiger partial charge in [-0.2, -0.15) is 0 Å². The monoisotopic (exact) mass is 267 g/mol. The minimum Gasteiger partial charge on any atom is -0.370 e. The zero-order valence-electron chi connectivity index (χ0n) is 11.2. The van der Waals surface area contributed by atoms with Crippen LogP contribution in [0.5, 0.6) is 0 Å². The van der Waals surface area contributed by atoms with E-state index in [0.717, 1.165) is 25.7 Å². The van der Waals surface area contributed by atoms with Crippen molar-refractivity contribution in [2.24, 2.45) is 10.7 Å². The highest BCUT2D eigenvalue weighted by Crippen LogP contribution is 2.34. The van der Waals surface area contributed by atoms with Crippen LogP contribution in [0.1, 0.15) is 32.6 Å². The van der Waals surface area contributed by atoms with Gasteiger partial charge in [-0.3, -0.25) is 14.7 Å². The van der Waals surface area contributed by atoms with Gasteiger partial charge in [-0.25, -0.2) is 4.79 Å². The number of hydrogen-bond donors (Lipinski definition) is 3. The maximum atomic E-state index is 12.3. The van der Waals surface area contributed by atoms with Gasteiger partial charge in [-0.15, -0.1) is 0 Å². The number of rotatable bonds is 4. The third-order valence-electron chi connectivity index (χ3n) is 3.67. The minimum absolute atomic E-state index is 0.104. The summed E-state index contributed by atoms with van der Waals surface area (Å²) in [5, 5.41) is 5.70. The topological polar surface area (TPSA) is 99.8 Å². The van der Waals surface area contributed by atoms with Crippen molar-refractivity contribution in [1.29, 1.82) is 0 Å². The van der Waals surface area contributed by atoms with Crippen molar-refractivity contribution < 1.29 is 9.59 Å². The summed E-state index contributed by atoms with van der Waals surface area (Å²) in [6.45, 7) is 3.22. The Morgan fingerprint density at radius 1 is 1.47 bits per heavy atom. The van der Waals surface area contributed by atoms with Crippen molar-refractivity contribution in [3.05, 3.63) is 0 Å². The maximum Gasteiger partial charge on any atom is 0.325 e. The number of carbonyl (C=O) groups is 2. The first-order valence-corrected chi connectivity index (χ1v) is 6.77. The van der Waals surface area contributed by atoms with E-state index in [2.05, 4.69) is 15.6 Å². The fourth-order valence-corrected chi connectivity index (χ4v) is 2.70. The fraction of sp³-hybridized carbons (Fsp3) is 0.750. The molecule has 0 bridgehead atoms. The van der Waals surface area contributed by atoms with Crippen LogP contribution in [-0.2, 0) is 4.79 Å². The van der Waals surface area contributed by atoms with E-state index in [1.165, 1.54) is 4.90 Å². The Morgan fingerprint density at radius 2 is 2.16 bits per heavy atom. The highest BCUT2D eigenvalue weighted by atomic mass is 16.2. The number of aliphatic imine (C=N–C) groups is 1. The molecule has 1 heterocycles. The lowest BCUT2D eigenvalue weighted by atomic mass is 9.98. The lowest BCUT2D eigenvalue weighted by molar-refractivity contribution is -0.131. The molecule has 3 amide bonds. The lowest BCUT2D eigenvalue weighted by Crippen LogP contribution is -2.44. The van der Waals surface area contributed by atoms with Crippen molar-refractivity contribution in [2.75, 3.05) is 19.6 Å². The second kappa shape index (κ2) is 5.46. The van der Waals surface area contributed by atoms with Crippen molar-refractivity contribution in [3.8, 4) is 0 Å². The number of nitrogens with two attached hydrogens (primary N) is 1. The maximum absolute atomic E-state index is 12.3. The van der Waals surface area contributed by atoms with Gasteiger partial charge in [0.1, 0.15) is 5.54 Å². The summed E-state index contributed by atoms with van der Waals surface area (Å²) in [5.74, 6) is 0.234. The molecule has 1 aliphatic carbocycles. The molecule has 0 atom stereocenters. The van der Waals surface area contributed by atoms with Crippen LogP contribution in [-0.4, -0.2) is 48.0 Å². The quantitative estimate of drug-likeness (QED) is 0.372. The van der Waals surface area contributed by atoms with Crippen LogP contribution in [0.2, 0.25) is 0 Å². The van der Waals surface area contributed by atoms with Crippen molar-refractivity contribution in [2.45, 2.75) is 38.1 Å². The number of amides is 3. The van der Waals surface area contributed by atoms with Crippen molar-refractivity contribution in [3.63, 3.8) is 0 Å². The number of carbonyl (C=O) groups excluding carboxylic acids is 2. The Labute approximate surface area is 112 Å². The number of imide groups is 1. The van der Waals surface area contributed by atoms with E-state index in [4.69, 9.17) is 5.73 Å². The van der Waals surface area contributed by atoms with E-state index in [-0.39, 0.29) is 18.5 Å². The molecule has 0 aromatic carbocycles. The van der Waals surface area contributed by atoms with Crippen LogP contribution in [0.15, 0.2) is 4.99 Å². The van der Waals surface area contributed by atoms with E-state index >= 15 is 0 Å². The number of urea groups is 1. The number of nitrogens with zero attached hydrogens (tertiary/aromatic N) is 2. The molecule has 1 aliphatic heterocycles. The van der Waals surface area contributed by atoms with Gasteiger partial charge in [-0.05, 0) is 19.8 Å². The zero-order valence-corrected chi connectivity index (χ0v) is 11.2. The largest absolute Gasteiger partial charge is 0.370 e. The van der Waals surface area contributed by atoms with Gasteiger partial charge >= 0.3 is 6.03 Å². The van der Waals surface area contributed by atoms with Crippen LogP contribution in [0.25, 0.3) is 0 Å². The molecule has 7 heteroatoms. The van der Waals surface area contributed by atoms with E-state index in [9.17, 15) is 9.59 Å². The summed E-state index contributed by atoms with van der Waals surface area (Å²) in [6.07, 6.45) is 3.48. The molecule has 7 nitrogen and oxygen atoms in total. The van der Waals surface area contributed by atoms with Gasteiger partial charge in [0, 0.05) is 6.54 Å². The summed E-state index contributed by atoms with van der Waals surface area (Å²) in [4.78, 5) is 29.5. The van der Waals surface area contributed by atoms with E-state index in [1.807, 2.05) is 6.92 Å². The number of guanidine groups is 1. The first-order chi connectivity index (χ1) is 9.09. The standard InChI is InChI=1S/C12H21N5O2/c1-2-14-10(13)15-7-8-17-9(18)12(16-11(17)19)5-3-4-6-12/h2-8H2,1H3,(H,16,19)(H3,13,14,15). The molecule has 106 valence electrons. The van der Waals surface area contributed by atoms with Crippen LogP contribution in [0, 0.1) is 0 Å². The second-order valence-corrected chi connectivity index (χ2v) is 4.97.